The van der Waals surface area contributed by atoms with Crippen molar-refractivity contribution in [2.24, 2.45) is 10.9 Å². The lowest BCUT2D eigenvalue weighted by atomic mass is 9.93. The summed E-state index contributed by atoms with van der Waals surface area (Å²) in [6, 6.07) is 4.47. The van der Waals surface area contributed by atoms with Crippen molar-refractivity contribution in [3.63, 3.8) is 0 Å². The number of carbonyl (C=O) groups excluding carboxylic acids is 1. The fraction of sp³-hybridized carbons (Fsp3) is 0.556. The van der Waals surface area contributed by atoms with Crippen LogP contribution in [0.15, 0.2) is 23.2 Å². The highest BCUT2D eigenvalue weighted by Crippen LogP contribution is 2.20. The first-order valence-corrected chi connectivity index (χ1v) is 9.01. The molecule has 0 radical (unpaired) electrons. The number of nitrogens with one attached hydrogen (secondary N) is 2. The Morgan fingerprint density at radius 2 is 2.08 bits per heavy atom. The van der Waals surface area contributed by atoms with Gasteiger partial charge in [0.15, 0.2) is 5.96 Å². The van der Waals surface area contributed by atoms with Crippen LogP contribution in [-0.4, -0.2) is 50.5 Å². The van der Waals surface area contributed by atoms with Gasteiger partial charge in [0.25, 0.3) is 0 Å². The van der Waals surface area contributed by atoms with E-state index < -0.39 is 0 Å². The molecule has 1 aromatic rings. The summed E-state index contributed by atoms with van der Waals surface area (Å²) in [4.78, 5) is 18.0. The minimum Gasteiger partial charge on any atom is -0.359 e. The monoisotopic (exact) mass is 496 g/mol. The Morgan fingerprint density at radius 3 is 2.65 bits per heavy atom. The normalized spacial score (nSPS) is 15.4. The van der Waals surface area contributed by atoms with Gasteiger partial charge in [-0.25, -0.2) is 4.39 Å². The molecule has 0 aromatic heterocycles. The van der Waals surface area contributed by atoms with Crippen molar-refractivity contribution in [2.75, 3.05) is 33.7 Å². The number of benzene rings is 1. The topological polar surface area (TPSA) is 56.7 Å². The van der Waals surface area contributed by atoms with Crippen molar-refractivity contribution in [3.05, 3.63) is 34.6 Å². The van der Waals surface area contributed by atoms with Gasteiger partial charge < -0.3 is 15.5 Å². The average molecular weight is 497 g/mol. The number of piperidine rings is 1. The maximum atomic E-state index is 13.1. The zero-order valence-electron chi connectivity index (χ0n) is 15.2. The molecule has 5 nitrogen and oxygen atoms in total. The van der Waals surface area contributed by atoms with Gasteiger partial charge in [0, 0.05) is 45.2 Å². The molecule has 0 bridgehead atoms. The van der Waals surface area contributed by atoms with E-state index in [-0.39, 0.29) is 35.7 Å². The van der Waals surface area contributed by atoms with E-state index in [2.05, 4.69) is 20.5 Å². The van der Waals surface area contributed by atoms with Crippen LogP contribution in [0.4, 0.5) is 4.39 Å². The van der Waals surface area contributed by atoms with Gasteiger partial charge in [-0.2, -0.15) is 0 Å². The highest BCUT2D eigenvalue weighted by atomic mass is 127. The third kappa shape index (κ3) is 6.90. The highest BCUT2D eigenvalue weighted by Gasteiger charge is 2.22. The van der Waals surface area contributed by atoms with Crippen LogP contribution in [0.1, 0.15) is 24.8 Å². The van der Waals surface area contributed by atoms with Crippen LogP contribution in [0.25, 0.3) is 0 Å². The molecule has 8 heteroatoms. The number of amides is 1. The average Bonchev–Trinajstić information content (AvgIpc) is 2.61. The van der Waals surface area contributed by atoms with E-state index >= 15 is 0 Å². The molecule has 1 heterocycles. The summed E-state index contributed by atoms with van der Waals surface area (Å²) in [5, 5.41) is 6.48. The third-order valence-electron chi connectivity index (χ3n) is 4.57. The smallest absolute Gasteiger partial charge is 0.220 e. The number of aliphatic imine (C=N–C) groups is 1. The van der Waals surface area contributed by atoms with E-state index in [1.54, 1.807) is 20.2 Å². The van der Waals surface area contributed by atoms with Gasteiger partial charge in [-0.3, -0.25) is 9.79 Å². The van der Waals surface area contributed by atoms with E-state index in [1.165, 1.54) is 12.1 Å². The first-order valence-electron chi connectivity index (χ1n) is 8.63. The van der Waals surface area contributed by atoms with Gasteiger partial charge in [0.2, 0.25) is 5.91 Å². The molecule has 26 heavy (non-hydrogen) atoms. The predicted octanol–water partition coefficient (Wildman–Crippen LogP) is 3.06. The number of nitrogens with zero attached hydrogens (tertiary/aromatic N) is 2. The maximum absolute atomic E-state index is 13.1. The summed E-state index contributed by atoms with van der Waals surface area (Å²) in [5.74, 6) is 1.08. The second-order valence-electron chi connectivity index (χ2n) is 6.27. The lowest BCUT2D eigenvalue weighted by molar-refractivity contribution is -0.121. The first kappa shape index (κ1) is 23.0. The molecule has 1 aliphatic heterocycles. The van der Waals surface area contributed by atoms with Crippen molar-refractivity contribution in [3.8, 4) is 0 Å². The molecule has 0 spiro atoms. The van der Waals surface area contributed by atoms with Crippen LogP contribution in [0.2, 0.25) is 5.02 Å². The van der Waals surface area contributed by atoms with Crippen LogP contribution in [0.3, 0.4) is 0 Å². The van der Waals surface area contributed by atoms with Gasteiger partial charge in [0.05, 0.1) is 0 Å². The molecule has 1 amide bonds. The molecule has 0 atom stereocenters. The molecule has 1 aliphatic rings. The Labute approximate surface area is 176 Å². The maximum Gasteiger partial charge on any atom is 0.220 e. The molecule has 0 saturated carbocycles. The van der Waals surface area contributed by atoms with Crippen LogP contribution in [0, 0.1) is 11.7 Å². The second kappa shape index (κ2) is 11.6. The highest BCUT2D eigenvalue weighted by molar-refractivity contribution is 14.0. The third-order valence-corrected chi connectivity index (χ3v) is 4.92. The Balaban J connectivity index is 0.00000338. The van der Waals surface area contributed by atoms with E-state index in [4.69, 9.17) is 11.6 Å². The molecule has 0 unspecified atom stereocenters. The quantitative estimate of drug-likeness (QED) is 0.374. The summed E-state index contributed by atoms with van der Waals surface area (Å²) < 4.78 is 13.1. The van der Waals surface area contributed by atoms with Crippen molar-refractivity contribution in [2.45, 2.75) is 25.7 Å². The molecule has 1 aromatic carbocycles. The SMILES string of the molecule is CN=C(NCCc1ccc(F)cc1Cl)N1CCC(CC(=O)NC)CC1.I. The lowest BCUT2D eigenvalue weighted by Gasteiger charge is -2.34. The fourth-order valence-corrected chi connectivity index (χ4v) is 3.34. The van der Waals surface area contributed by atoms with Gasteiger partial charge in [0.1, 0.15) is 5.82 Å². The first-order chi connectivity index (χ1) is 12.0. The summed E-state index contributed by atoms with van der Waals surface area (Å²) in [6.45, 7) is 2.45. The summed E-state index contributed by atoms with van der Waals surface area (Å²) >= 11 is 6.06. The van der Waals surface area contributed by atoms with Crippen LogP contribution in [-0.2, 0) is 11.2 Å². The van der Waals surface area contributed by atoms with Crippen LogP contribution >= 0.6 is 35.6 Å². The van der Waals surface area contributed by atoms with Gasteiger partial charge in [-0.05, 0) is 42.9 Å². The van der Waals surface area contributed by atoms with Crippen molar-refractivity contribution >= 4 is 47.4 Å². The minimum absolute atomic E-state index is 0. The Kier molecular flexibility index (Phi) is 10.2. The molecule has 2 rings (SSSR count). The summed E-state index contributed by atoms with van der Waals surface area (Å²) in [6.07, 6.45) is 3.26. The van der Waals surface area contributed by atoms with Crippen molar-refractivity contribution in [1.82, 2.24) is 15.5 Å². The predicted molar refractivity (Wildman–Crippen MR) is 115 cm³/mol. The van der Waals surface area contributed by atoms with E-state index in [0.717, 1.165) is 37.5 Å². The number of guanidine groups is 1. The molecule has 0 aliphatic carbocycles. The fourth-order valence-electron chi connectivity index (χ4n) is 3.08. The Hall–Kier alpha value is -1.09. The van der Waals surface area contributed by atoms with Crippen LogP contribution in [0.5, 0.6) is 0 Å². The number of hydrogen-bond donors (Lipinski definition) is 2. The number of carbonyl (C=O) groups is 1. The number of hydrogen-bond acceptors (Lipinski definition) is 2. The zero-order valence-corrected chi connectivity index (χ0v) is 18.3. The summed E-state index contributed by atoms with van der Waals surface area (Å²) in [7, 11) is 3.44. The molecular weight excluding hydrogens is 470 g/mol. The van der Waals surface area contributed by atoms with E-state index in [1.807, 2.05) is 0 Å². The molecule has 146 valence electrons. The number of halogens is 3. The van der Waals surface area contributed by atoms with E-state index in [9.17, 15) is 9.18 Å². The second-order valence-corrected chi connectivity index (χ2v) is 6.67. The number of rotatable bonds is 5. The molecule has 1 fully saturated rings. The molecular formula is C18H27ClFIN4O. The molecule has 1 saturated heterocycles. The van der Waals surface area contributed by atoms with Gasteiger partial charge in [-0.15, -0.1) is 24.0 Å². The minimum atomic E-state index is -0.322. The molecule has 2 N–H and O–H groups in total. The van der Waals surface area contributed by atoms with Crippen LogP contribution < -0.4 is 10.6 Å². The van der Waals surface area contributed by atoms with Gasteiger partial charge in [-0.1, -0.05) is 17.7 Å². The van der Waals surface area contributed by atoms with Crippen molar-refractivity contribution in [1.29, 1.82) is 0 Å². The zero-order chi connectivity index (χ0) is 18.2. The van der Waals surface area contributed by atoms with E-state index in [0.29, 0.717) is 30.3 Å². The largest absolute Gasteiger partial charge is 0.359 e. The Morgan fingerprint density at radius 1 is 1.38 bits per heavy atom. The standard InChI is InChI=1S/C18H26ClFN4O.HI/c1-21-17(25)11-13-6-9-24(10-7-13)18(22-2)23-8-5-14-3-4-15(20)12-16(14)19;/h3-4,12-13H,5-11H2,1-2H3,(H,21,25)(H,22,23);1H. The van der Waals surface area contributed by atoms with Gasteiger partial charge >= 0.3 is 0 Å². The van der Waals surface area contributed by atoms with Crippen molar-refractivity contribution < 1.29 is 9.18 Å². The summed E-state index contributed by atoms with van der Waals surface area (Å²) in [5.41, 5.74) is 0.912. The Bertz CT molecular complexity index is 621. The number of likely N-dealkylation sites (tertiary alicyclic amines) is 1. The lowest BCUT2D eigenvalue weighted by Crippen LogP contribution is -2.46.